The fourth-order valence-electron chi connectivity index (χ4n) is 2.06. The minimum Gasteiger partial charge on any atom is -0.424 e. The second-order valence-electron chi connectivity index (χ2n) is 5.00. The van der Waals surface area contributed by atoms with Gasteiger partial charge in [0.25, 0.3) is 0 Å². The topological polar surface area (TPSA) is 59.6 Å². The van der Waals surface area contributed by atoms with Crippen molar-refractivity contribution in [2.45, 2.75) is 12.1 Å². The summed E-state index contributed by atoms with van der Waals surface area (Å²) in [6, 6.07) is 6.80. The summed E-state index contributed by atoms with van der Waals surface area (Å²) in [5, 5.41) is 3.87. The summed E-state index contributed by atoms with van der Waals surface area (Å²) in [6.45, 7) is 0. The van der Waals surface area contributed by atoms with E-state index in [9.17, 15) is 22.4 Å². The first-order valence-corrected chi connectivity index (χ1v) is 7.15. The van der Waals surface area contributed by atoms with E-state index < -0.39 is 23.9 Å². The molecule has 0 aromatic heterocycles. The van der Waals surface area contributed by atoms with E-state index in [1.807, 2.05) is 0 Å². The van der Waals surface area contributed by atoms with Gasteiger partial charge in [-0.1, -0.05) is 11.6 Å². The van der Waals surface area contributed by atoms with Crippen molar-refractivity contribution in [3.8, 4) is 11.5 Å². The molecule has 0 saturated carbocycles. The summed E-state index contributed by atoms with van der Waals surface area (Å²) in [7, 11) is 0. The van der Waals surface area contributed by atoms with Crippen molar-refractivity contribution in [2.24, 2.45) is 0 Å². The number of ether oxygens (including phenoxy) is 2. The molecule has 2 amide bonds. The molecule has 0 fully saturated rings. The fourth-order valence-corrected chi connectivity index (χ4v) is 2.22. The maximum absolute atomic E-state index is 13.5. The number of alkyl halides is 3. The molecule has 25 heavy (non-hydrogen) atoms. The van der Waals surface area contributed by atoms with E-state index in [0.717, 1.165) is 18.2 Å². The molecule has 5 nitrogen and oxygen atoms in total. The molecule has 2 aromatic carbocycles. The number of nitrogens with one attached hydrogen (secondary N) is 2. The molecular weight excluding hydrogens is 368 g/mol. The number of anilines is 1. The van der Waals surface area contributed by atoms with Gasteiger partial charge >= 0.3 is 18.1 Å². The van der Waals surface area contributed by atoms with Crippen molar-refractivity contribution >= 4 is 23.3 Å². The molecule has 0 saturated heterocycles. The summed E-state index contributed by atoms with van der Waals surface area (Å²) >= 11 is 5.71. The Balaban J connectivity index is 1.81. The molecule has 1 atom stereocenters. The molecule has 0 aliphatic carbocycles. The Morgan fingerprint density at radius 3 is 2.32 bits per heavy atom. The highest BCUT2D eigenvalue weighted by Crippen LogP contribution is 2.46. The Kier molecular flexibility index (Phi) is 4.11. The second kappa shape index (κ2) is 5.99. The lowest BCUT2D eigenvalue weighted by Gasteiger charge is -2.29. The van der Waals surface area contributed by atoms with Gasteiger partial charge in [0, 0.05) is 16.8 Å². The zero-order valence-electron chi connectivity index (χ0n) is 12.2. The number of hydrogen-bond donors (Lipinski definition) is 2. The van der Waals surface area contributed by atoms with Crippen LogP contribution in [0.3, 0.4) is 0 Å². The molecule has 3 rings (SSSR count). The fraction of sp³-hybridized carbons (Fsp3) is 0.133. The number of carbonyl (C=O) groups is 1. The van der Waals surface area contributed by atoms with Gasteiger partial charge in [-0.2, -0.15) is 13.2 Å². The van der Waals surface area contributed by atoms with E-state index in [4.69, 9.17) is 21.1 Å². The average Bonchev–Trinajstić information content (AvgIpc) is 2.87. The predicted octanol–water partition coefficient (Wildman–Crippen LogP) is 4.29. The molecule has 2 N–H and O–H groups in total. The highest BCUT2D eigenvalue weighted by molar-refractivity contribution is 6.30. The molecule has 1 heterocycles. The molecule has 1 unspecified atom stereocenters. The van der Waals surface area contributed by atoms with Crippen molar-refractivity contribution in [3.63, 3.8) is 0 Å². The van der Waals surface area contributed by atoms with Crippen LogP contribution in [0.5, 0.6) is 11.5 Å². The maximum atomic E-state index is 13.5. The van der Waals surface area contributed by atoms with Gasteiger partial charge < -0.3 is 14.8 Å². The second-order valence-corrected chi connectivity index (χ2v) is 5.43. The zero-order chi connectivity index (χ0) is 18.2. The Morgan fingerprint density at radius 2 is 1.68 bits per heavy atom. The van der Waals surface area contributed by atoms with E-state index in [1.165, 1.54) is 24.3 Å². The van der Waals surface area contributed by atoms with Crippen LogP contribution in [0.15, 0.2) is 42.5 Å². The van der Waals surface area contributed by atoms with Crippen LogP contribution < -0.4 is 20.1 Å². The third-order valence-corrected chi connectivity index (χ3v) is 3.40. The molecular formula is C15H9ClF4N2O3. The molecule has 10 heteroatoms. The number of urea groups is 1. The van der Waals surface area contributed by atoms with E-state index in [1.54, 1.807) is 5.32 Å². The molecule has 0 bridgehead atoms. The van der Waals surface area contributed by atoms with Gasteiger partial charge in [0.2, 0.25) is 0 Å². The lowest BCUT2D eigenvalue weighted by atomic mass is 10.3. The summed E-state index contributed by atoms with van der Waals surface area (Å²) in [6.07, 6.45) is -5.10. The Morgan fingerprint density at radius 1 is 1.04 bits per heavy atom. The summed E-state index contributed by atoms with van der Waals surface area (Å²) in [5.74, 6) is -4.48. The van der Waals surface area contributed by atoms with E-state index >= 15 is 0 Å². The molecule has 132 valence electrons. The highest BCUT2D eigenvalue weighted by atomic mass is 35.5. The van der Waals surface area contributed by atoms with Gasteiger partial charge in [-0.05, 0) is 36.4 Å². The van der Waals surface area contributed by atoms with Gasteiger partial charge in [0.15, 0.2) is 11.5 Å². The van der Waals surface area contributed by atoms with Gasteiger partial charge in [0.05, 0.1) is 0 Å². The number of fused-ring (bicyclic) bond motifs is 1. The van der Waals surface area contributed by atoms with Crippen LogP contribution in [0.4, 0.5) is 28.0 Å². The minimum absolute atomic E-state index is 0.0785. The number of carbonyl (C=O) groups excluding carboxylic acids is 1. The zero-order valence-corrected chi connectivity index (χ0v) is 12.9. The Labute approximate surface area is 143 Å². The Hall–Kier alpha value is -2.68. The quantitative estimate of drug-likeness (QED) is 0.769. The maximum Gasteiger partial charge on any atom is 0.492 e. The van der Waals surface area contributed by atoms with Crippen molar-refractivity contribution in [2.75, 3.05) is 5.32 Å². The van der Waals surface area contributed by atoms with Crippen LogP contribution in [0.2, 0.25) is 5.02 Å². The SMILES string of the molecule is O=C(Nc1ccc(F)cc1)NC1(C(F)(F)F)Oc2ccc(Cl)cc2O1. The molecule has 0 spiro atoms. The van der Waals surface area contributed by atoms with E-state index in [0.29, 0.717) is 0 Å². The lowest BCUT2D eigenvalue weighted by molar-refractivity contribution is -0.317. The van der Waals surface area contributed by atoms with Gasteiger partial charge in [-0.25, -0.2) is 9.18 Å². The van der Waals surface area contributed by atoms with Crippen molar-refractivity contribution < 1.29 is 31.8 Å². The van der Waals surface area contributed by atoms with Crippen LogP contribution in [-0.4, -0.2) is 18.1 Å². The number of benzene rings is 2. The third kappa shape index (κ3) is 3.41. The average molecular weight is 377 g/mol. The number of rotatable bonds is 2. The lowest BCUT2D eigenvalue weighted by Crippen LogP contribution is -2.65. The summed E-state index contributed by atoms with van der Waals surface area (Å²) in [5.41, 5.74) is 0.0785. The van der Waals surface area contributed by atoms with E-state index in [2.05, 4.69) is 5.32 Å². The number of halogens is 5. The number of hydrogen-bond acceptors (Lipinski definition) is 3. The smallest absolute Gasteiger partial charge is 0.424 e. The normalized spacial score (nSPS) is 18.8. The first-order valence-electron chi connectivity index (χ1n) is 6.77. The first kappa shape index (κ1) is 17.2. The van der Waals surface area contributed by atoms with Crippen molar-refractivity contribution in [3.05, 3.63) is 53.3 Å². The molecule has 1 aliphatic rings. The summed E-state index contributed by atoms with van der Waals surface area (Å²) < 4.78 is 62.8. The van der Waals surface area contributed by atoms with Gasteiger partial charge in [-0.3, -0.25) is 5.32 Å². The first-order chi connectivity index (χ1) is 11.7. The standard InChI is InChI=1S/C15H9ClF4N2O3/c16-8-1-6-11-12(7-8)25-15(24-11,14(18,19)20)22-13(23)21-10-4-2-9(17)3-5-10/h1-7H,(H2,21,22,23). The van der Waals surface area contributed by atoms with Crippen LogP contribution in [-0.2, 0) is 0 Å². The largest absolute Gasteiger partial charge is 0.492 e. The monoisotopic (exact) mass is 376 g/mol. The van der Waals surface area contributed by atoms with Gasteiger partial charge in [-0.15, -0.1) is 0 Å². The van der Waals surface area contributed by atoms with Gasteiger partial charge in [0.1, 0.15) is 5.82 Å². The van der Waals surface area contributed by atoms with Crippen LogP contribution in [0, 0.1) is 5.82 Å². The van der Waals surface area contributed by atoms with Crippen molar-refractivity contribution in [1.29, 1.82) is 0 Å². The highest BCUT2D eigenvalue weighted by Gasteiger charge is 2.65. The molecule has 0 radical (unpaired) electrons. The predicted molar refractivity (Wildman–Crippen MR) is 80.0 cm³/mol. The minimum atomic E-state index is -5.10. The summed E-state index contributed by atoms with van der Waals surface area (Å²) in [4.78, 5) is 11.9. The molecule has 1 aliphatic heterocycles. The molecule has 2 aromatic rings. The number of amides is 2. The third-order valence-electron chi connectivity index (χ3n) is 3.17. The van der Waals surface area contributed by atoms with Crippen LogP contribution in [0.25, 0.3) is 0 Å². The van der Waals surface area contributed by atoms with E-state index in [-0.39, 0.29) is 22.2 Å². The Bertz CT molecular complexity index is 813. The van der Waals surface area contributed by atoms with Crippen LogP contribution in [0.1, 0.15) is 0 Å². The van der Waals surface area contributed by atoms with Crippen LogP contribution >= 0.6 is 11.6 Å². The van der Waals surface area contributed by atoms with Crippen molar-refractivity contribution in [1.82, 2.24) is 5.32 Å².